The number of carbonyl (C=O) groups excluding carboxylic acids is 1. The minimum Gasteiger partial charge on any atom is -0.385 e. The summed E-state index contributed by atoms with van der Waals surface area (Å²) in [6.07, 6.45) is 1.04. The molecule has 5 heteroatoms. The van der Waals surface area contributed by atoms with Crippen molar-refractivity contribution in [3.8, 4) is 0 Å². The molecule has 0 heterocycles. The number of amides is 1. The molecule has 0 aliphatic rings. The van der Waals surface area contributed by atoms with Gasteiger partial charge >= 0.3 is 0 Å². The van der Waals surface area contributed by atoms with E-state index in [1.54, 1.807) is 13.2 Å². The van der Waals surface area contributed by atoms with E-state index in [9.17, 15) is 9.18 Å². The summed E-state index contributed by atoms with van der Waals surface area (Å²) in [5, 5.41) is 2.69. The molecule has 0 atom stereocenters. The molecule has 0 bridgehead atoms. The van der Waals surface area contributed by atoms with Gasteiger partial charge in [0.2, 0.25) is 5.91 Å². The van der Waals surface area contributed by atoms with Crippen molar-refractivity contribution < 1.29 is 13.9 Å². The van der Waals surface area contributed by atoms with E-state index in [-0.39, 0.29) is 18.3 Å². The quantitative estimate of drug-likeness (QED) is 0.743. The fraction of sp³-hybridized carbons (Fsp3) is 0.417. The molecule has 0 unspecified atom stereocenters. The first kappa shape index (κ1) is 13.6. The Kier molecular flexibility index (Phi) is 5.59. The summed E-state index contributed by atoms with van der Waals surface area (Å²) in [7, 11) is 1.59. The number of halogens is 1. The molecule has 0 fully saturated rings. The monoisotopic (exact) mass is 240 g/mol. The van der Waals surface area contributed by atoms with Crippen LogP contribution in [0, 0.1) is 5.82 Å². The SMILES string of the molecule is COCCCC(=O)Nc1ccc(F)c(CN)c1. The van der Waals surface area contributed by atoms with Gasteiger partial charge in [-0.3, -0.25) is 4.79 Å². The minimum absolute atomic E-state index is 0.110. The van der Waals surface area contributed by atoms with Gasteiger partial charge in [-0.1, -0.05) is 0 Å². The van der Waals surface area contributed by atoms with E-state index in [1.165, 1.54) is 12.1 Å². The molecule has 0 aromatic heterocycles. The zero-order valence-electron chi connectivity index (χ0n) is 9.83. The number of rotatable bonds is 6. The van der Waals surface area contributed by atoms with Crippen molar-refractivity contribution in [3.05, 3.63) is 29.6 Å². The summed E-state index contributed by atoms with van der Waals surface area (Å²) in [6.45, 7) is 0.657. The minimum atomic E-state index is -0.357. The third kappa shape index (κ3) is 4.50. The van der Waals surface area contributed by atoms with Gasteiger partial charge in [0.15, 0.2) is 0 Å². The van der Waals surface area contributed by atoms with Crippen LogP contribution in [-0.2, 0) is 16.1 Å². The second-order valence-corrected chi connectivity index (χ2v) is 3.65. The molecule has 0 saturated heterocycles. The zero-order valence-corrected chi connectivity index (χ0v) is 9.83. The summed E-state index contributed by atoms with van der Waals surface area (Å²) in [6, 6.07) is 4.36. The van der Waals surface area contributed by atoms with Gasteiger partial charge < -0.3 is 15.8 Å². The Balaban J connectivity index is 2.53. The molecule has 4 nitrogen and oxygen atoms in total. The predicted molar refractivity (Wildman–Crippen MR) is 64.0 cm³/mol. The van der Waals surface area contributed by atoms with Gasteiger partial charge in [0.1, 0.15) is 5.82 Å². The van der Waals surface area contributed by atoms with Crippen molar-refractivity contribution in [3.63, 3.8) is 0 Å². The molecule has 0 spiro atoms. The highest BCUT2D eigenvalue weighted by atomic mass is 19.1. The highest BCUT2D eigenvalue weighted by Crippen LogP contribution is 2.14. The molecule has 0 aliphatic heterocycles. The second-order valence-electron chi connectivity index (χ2n) is 3.65. The van der Waals surface area contributed by atoms with Crippen LogP contribution in [0.3, 0.4) is 0 Å². The Morgan fingerprint density at radius 1 is 1.53 bits per heavy atom. The number of methoxy groups -OCH3 is 1. The summed E-state index contributed by atoms with van der Waals surface area (Å²) in [5.41, 5.74) is 6.33. The van der Waals surface area contributed by atoms with Crippen molar-refractivity contribution in [2.75, 3.05) is 19.0 Å². The van der Waals surface area contributed by atoms with Crippen LogP contribution in [0.1, 0.15) is 18.4 Å². The van der Waals surface area contributed by atoms with Crippen molar-refractivity contribution in [1.82, 2.24) is 0 Å². The average molecular weight is 240 g/mol. The Labute approximate surface area is 100.0 Å². The topological polar surface area (TPSA) is 64.3 Å². The first-order valence-corrected chi connectivity index (χ1v) is 5.44. The molecular weight excluding hydrogens is 223 g/mol. The molecule has 3 N–H and O–H groups in total. The lowest BCUT2D eigenvalue weighted by Crippen LogP contribution is -2.12. The Bertz CT molecular complexity index is 383. The van der Waals surface area contributed by atoms with Gasteiger partial charge in [0, 0.05) is 37.9 Å². The highest BCUT2D eigenvalue weighted by Gasteiger charge is 2.05. The molecule has 0 aliphatic carbocycles. The summed E-state index contributed by atoms with van der Waals surface area (Å²) >= 11 is 0. The van der Waals surface area contributed by atoms with Crippen LogP contribution in [0.2, 0.25) is 0 Å². The lowest BCUT2D eigenvalue weighted by molar-refractivity contribution is -0.116. The smallest absolute Gasteiger partial charge is 0.224 e. The van der Waals surface area contributed by atoms with Crippen LogP contribution < -0.4 is 11.1 Å². The maximum absolute atomic E-state index is 13.1. The second kappa shape index (κ2) is 6.98. The van der Waals surface area contributed by atoms with E-state index in [2.05, 4.69) is 5.32 Å². The Hall–Kier alpha value is -1.46. The zero-order chi connectivity index (χ0) is 12.7. The predicted octanol–water partition coefficient (Wildman–Crippen LogP) is 1.65. The molecule has 1 amide bonds. The van der Waals surface area contributed by atoms with Gasteiger partial charge in [0.25, 0.3) is 0 Å². The van der Waals surface area contributed by atoms with Crippen LogP contribution in [0.4, 0.5) is 10.1 Å². The number of hydrogen-bond acceptors (Lipinski definition) is 3. The molecule has 0 radical (unpaired) electrons. The molecule has 94 valence electrons. The third-order valence-corrected chi connectivity index (χ3v) is 2.30. The van der Waals surface area contributed by atoms with E-state index < -0.39 is 0 Å². The Morgan fingerprint density at radius 3 is 2.94 bits per heavy atom. The first-order valence-electron chi connectivity index (χ1n) is 5.44. The summed E-state index contributed by atoms with van der Waals surface area (Å²) < 4.78 is 18.0. The standard InChI is InChI=1S/C12H17FN2O2/c1-17-6-2-3-12(16)15-10-4-5-11(13)9(7-10)8-14/h4-5,7H,2-3,6,8,14H2,1H3,(H,15,16). The first-order chi connectivity index (χ1) is 8.17. The highest BCUT2D eigenvalue weighted by molar-refractivity contribution is 5.90. The number of nitrogens with one attached hydrogen (secondary N) is 1. The molecular formula is C12H17FN2O2. The van der Waals surface area contributed by atoms with Crippen LogP contribution in [0.5, 0.6) is 0 Å². The third-order valence-electron chi connectivity index (χ3n) is 2.30. The fourth-order valence-electron chi connectivity index (χ4n) is 1.41. The van der Waals surface area contributed by atoms with Gasteiger partial charge in [-0.2, -0.15) is 0 Å². The maximum atomic E-state index is 13.1. The number of carbonyl (C=O) groups is 1. The van der Waals surface area contributed by atoms with E-state index in [0.29, 0.717) is 30.7 Å². The van der Waals surface area contributed by atoms with E-state index in [4.69, 9.17) is 10.5 Å². The van der Waals surface area contributed by atoms with Crippen LogP contribution >= 0.6 is 0 Å². The molecule has 17 heavy (non-hydrogen) atoms. The van der Waals surface area contributed by atoms with E-state index in [0.717, 1.165) is 0 Å². The molecule has 1 rings (SSSR count). The van der Waals surface area contributed by atoms with Gasteiger partial charge in [-0.15, -0.1) is 0 Å². The van der Waals surface area contributed by atoms with E-state index >= 15 is 0 Å². The fourth-order valence-corrected chi connectivity index (χ4v) is 1.41. The molecule has 0 saturated carbocycles. The maximum Gasteiger partial charge on any atom is 0.224 e. The van der Waals surface area contributed by atoms with Crippen LogP contribution in [-0.4, -0.2) is 19.6 Å². The molecule has 1 aromatic carbocycles. The average Bonchev–Trinajstić information content (AvgIpc) is 2.32. The molecule has 1 aromatic rings. The normalized spacial score (nSPS) is 10.3. The van der Waals surface area contributed by atoms with Crippen molar-refractivity contribution >= 4 is 11.6 Å². The lowest BCUT2D eigenvalue weighted by Gasteiger charge is -2.07. The van der Waals surface area contributed by atoms with Gasteiger partial charge in [-0.05, 0) is 24.6 Å². The summed E-state index contributed by atoms with van der Waals surface area (Å²) in [5.74, 6) is -0.471. The van der Waals surface area contributed by atoms with Crippen molar-refractivity contribution in [2.45, 2.75) is 19.4 Å². The van der Waals surface area contributed by atoms with Gasteiger partial charge in [-0.25, -0.2) is 4.39 Å². The number of ether oxygens (including phenoxy) is 1. The summed E-state index contributed by atoms with van der Waals surface area (Å²) in [4.78, 5) is 11.5. The Morgan fingerprint density at radius 2 is 2.29 bits per heavy atom. The number of anilines is 1. The van der Waals surface area contributed by atoms with Crippen LogP contribution in [0.25, 0.3) is 0 Å². The largest absolute Gasteiger partial charge is 0.385 e. The van der Waals surface area contributed by atoms with Crippen molar-refractivity contribution in [1.29, 1.82) is 0 Å². The van der Waals surface area contributed by atoms with Gasteiger partial charge in [0.05, 0.1) is 0 Å². The van der Waals surface area contributed by atoms with Crippen LogP contribution in [0.15, 0.2) is 18.2 Å². The number of nitrogens with two attached hydrogens (primary N) is 1. The van der Waals surface area contributed by atoms with E-state index in [1.807, 2.05) is 0 Å². The number of benzene rings is 1. The van der Waals surface area contributed by atoms with Crippen molar-refractivity contribution in [2.24, 2.45) is 5.73 Å². The lowest BCUT2D eigenvalue weighted by atomic mass is 10.2. The number of hydrogen-bond donors (Lipinski definition) is 2.